The third-order valence-corrected chi connectivity index (χ3v) is 17.9. The van der Waals surface area contributed by atoms with E-state index in [0.29, 0.717) is 30.1 Å². The Balaban J connectivity index is 0.000000144. The van der Waals surface area contributed by atoms with E-state index in [1.54, 1.807) is 27.7 Å². The van der Waals surface area contributed by atoms with Crippen LogP contribution in [0.4, 0.5) is 0 Å². The first-order valence-electron chi connectivity index (χ1n) is 25.3. The van der Waals surface area contributed by atoms with Gasteiger partial charge in [0, 0.05) is 109 Å². The van der Waals surface area contributed by atoms with Gasteiger partial charge in [0.2, 0.25) is 0 Å². The van der Waals surface area contributed by atoms with E-state index in [1.165, 1.54) is 0 Å². The highest BCUT2D eigenvalue weighted by Crippen LogP contribution is 2.47. The molecule has 70 heavy (non-hydrogen) atoms. The molecule has 0 spiro atoms. The van der Waals surface area contributed by atoms with Crippen molar-refractivity contribution in [2.45, 2.75) is 160 Å². The summed E-state index contributed by atoms with van der Waals surface area (Å²) in [6, 6.07) is -0.0311. The van der Waals surface area contributed by atoms with Crippen molar-refractivity contribution in [2.75, 3.05) is 49.3 Å². The number of hydrogen-bond acceptors (Lipinski definition) is 16. The Hall–Kier alpha value is -4.42. The zero-order chi connectivity index (χ0) is 52.3. The predicted molar refractivity (Wildman–Crippen MR) is 260 cm³/mol. The van der Waals surface area contributed by atoms with Crippen LogP contribution >= 0.6 is 0 Å². The lowest BCUT2D eigenvalue weighted by Gasteiger charge is -2.34. The Kier molecular flexibility index (Phi) is 16.7. The summed E-state index contributed by atoms with van der Waals surface area (Å²) in [5.74, 6) is 0.593. The molecule has 10 bridgehead atoms. The molecule has 1 N–H and O–H groups in total. The molecule has 5 saturated carbocycles. The van der Waals surface area contributed by atoms with Crippen LogP contribution in [0.25, 0.3) is 0 Å². The SMILES string of the molecule is C/C=C1/C(=O)[C@H]2C[C@@H]1N(C)C2C(C)=O.CC(=O)C1[C@@H]2C[C@@H](/C(=C\N(C)C)C2=O)N1C.CC(=O)C1[C@@H]2C[C@@H](CC2=O)N1C.CCC1C(=O)[C@H]2C[C@@H]1N(C)C2C(=O)O.CCC1C(=O)[C@H]2C[C@@H]1N(C)C2C(C)=O. The lowest BCUT2D eigenvalue weighted by atomic mass is 9.88. The largest absolute Gasteiger partial charge is 0.480 e. The van der Waals surface area contributed by atoms with Crippen molar-refractivity contribution in [3.63, 3.8) is 0 Å². The van der Waals surface area contributed by atoms with Crippen LogP contribution in [-0.2, 0) is 47.9 Å². The summed E-state index contributed by atoms with van der Waals surface area (Å²) >= 11 is 0. The van der Waals surface area contributed by atoms with E-state index in [0.717, 1.165) is 56.1 Å². The van der Waals surface area contributed by atoms with Crippen LogP contribution in [0.1, 0.15) is 99.8 Å². The van der Waals surface area contributed by atoms with E-state index < -0.39 is 12.0 Å². The summed E-state index contributed by atoms with van der Waals surface area (Å²) in [6.07, 6.45) is 10.4. The first-order valence-corrected chi connectivity index (χ1v) is 25.3. The number of allylic oxidation sites excluding steroid dienone is 1. The van der Waals surface area contributed by atoms with E-state index >= 15 is 0 Å². The number of Topliss-reactive ketones (excluding diaryl/α,β-unsaturated/α-hetero) is 9. The number of rotatable bonds is 8. The Morgan fingerprint density at radius 2 is 0.929 bits per heavy atom. The van der Waals surface area contributed by atoms with Crippen LogP contribution in [0, 0.1) is 41.4 Å². The number of carboxylic acid groups (broad SMARTS) is 1. The van der Waals surface area contributed by atoms with Crippen molar-refractivity contribution < 1.29 is 53.1 Å². The number of hydrogen-bond donors (Lipinski definition) is 1. The molecule has 0 amide bonds. The minimum Gasteiger partial charge on any atom is -0.480 e. The minimum atomic E-state index is -0.858. The molecule has 5 saturated heterocycles. The second kappa shape index (κ2) is 21.3. The van der Waals surface area contributed by atoms with Gasteiger partial charge < -0.3 is 10.0 Å². The molecule has 386 valence electrons. The van der Waals surface area contributed by atoms with Gasteiger partial charge >= 0.3 is 5.97 Å². The smallest absolute Gasteiger partial charge is 0.321 e. The molecular formula is C53H78N6O11. The maximum atomic E-state index is 12.1. The van der Waals surface area contributed by atoms with Gasteiger partial charge in [-0.1, -0.05) is 19.9 Å². The molecule has 0 aromatic heterocycles. The third-order valence-electron chi connectivity index (χ3n) is 17.9. The summed E-state index contributed by atoms with van der Waals surface area (Å²) in [7, 11) is 13.4. The highest BCUT2D eigenvalue weighted by molar-refractivity contribution is 6.07. The Morgan fingerprint density at radius 3 is 1.30 bits per heavy atom. The van der Waals surface area contributed by atoms with Gasteiger partial charge in [0.25, 0.3) is 0 Å². The molecule has 7 unspecified atom stereocenters. The molecule has 5 heterocycles. The fourth-order valence-electron chi connectivity index (χ4n) is 14.8. The number of likely N-dealkylation sites (tertiary alicyclic amines) is 5. The topological polar surface area (TPSA) is 210 Å². The predicted octanol–water partition coefficient (Wildman–Crippen LogP) is 2.56. The van der Waals surface area contributed by atoms with Crippen LogP contribution in [0.5, 0.6) is 0 Å². The van der Waals surface area contributed by atoms with Gasteiger partial charge in [-0.05, 0) is 115 Å². The fourth-order valence-corrected chi connectivity index (χ4v) is 14.8. The molecule has 17 heteroatoms. The van der Waals surface area contributed by atoms with Crippen LogP contribution in [-0.4, -0.2) is 202 Å². The van der Waals surface area contributed by atoms with Crippen LogP contribution in [0.15, 0.2) is 23.4 Å². The quantitative estimate of drug-likeness (QED) is 0.347. The van der Waals surface area contributed by atoms with E-state index in [2.05, 4.69) is 16.7 Å². The van der Waals surface area contributed by atoms with Gasteiger partial charge in [-0.15, -0.1) is 0 Å². The lowest BCUT2D eigenvalue weighted by molar-refractivity contribution is -0.149. The number of ketones is 9. The highest BCUT2D eigenvalue weighted by atomic mass is 16.4. The normalized spacial score (nSPS) is 40.0. The monoisotopic (exact) mass is 975 g/mol. The summed E-state index contributed by atoms with van der Waals surface area (Å²) in [5, 5.41) is 8.99. The van der Waals surface area contributed by atoms with Gasteiger partial charge in [0.05, 0.1) is 24.2 Å². The molecule has 10 aliphatic rings. The van der Waals surface area contributed by atoms with Crippen molar-refractivity contribution in [3.05, 3.63) is 23.4 Å². The number of piperidine rings is 5. The maximum Gasteiger partial charge on any atom is 0.321 e. The Morgan fingerprint density at radius 1 is 0.543 bits per heavy atom. The maximum absolute atomic E-state index is 12.1. The fraction of sp³-hybridized carbons (Fsp3) is 0.736. The summed E-state index contributed by atoms with van der Waals surface area (Å²) in [5.41, 5.74) is 1.75. The average Bonchev–Trinajstić information content (AvgIpc) is 4.17. The molecule has 0 aromatic rings. The van der Waals surface area contributed by atoms with Gasteiger partial charge in [0.1, 0.15) is 46.5 Å². The van der Waals surface area contributed by atoms with Gasteiger partial charge in [-0.25, -0.2) is 0 Å². The number of likely N-dealkylation sites (N-methyl/N-ethyl adjacent to an activating group) is 5. The second-order valence-electron chi connectivity index (χ2n) is 21.9. The average molecular weight is 975 g/mol. The van der Waals surface area contributed by atoms with E-state index in [1.807, 2.05) is 95.1 Å². The van der Waals surface area contributed by atoms with Crippen LogP contribution in [0.2, 0.25) is 0 Å². The first kappa shape index (κ1) is 54.9. The highest BCUT2D eigenvalue weighted by Gasteiger charge is 2.59. The first-order chi connectivity index (χ1) is 32.8. The van der Waals surface area contributed by atoms with Crippen molar-refractivity contribution in [1.29, 1.82) is 0 Å². The van der Waals surface area contributed by atoms with Crippen molar-refractivity contribution >= 4 is 58.0 Å². The second-order valence-corrected chi connectivity index (χ2v) is 21.9. The molecule has 0 radical (unpaired) electrons. The molecule has 17 nitrogen and oxygen atoms in total. The van der Waals surface area contributed by atoms with E-state index in [4.69, 9.17) is 5.11 Å². The van der Waals surface area contributed by atoms with Crippen LogP contribution in [0.3, 0.4) is 0 Å². The van der Waals surface area contributed by atoms with E-state index in [-0.39, 0.29) is 124 Å². The Labute approximate surface area is 413 Å². The van der Waals surface area contributed by atoms with E-state index in [9.17, 15) is 47.9 Å². The van der Waals surface area contributed by atoms with Gasteiger partial charge in [-0.3, -0.25) is 72.4 Å². The number of nitrogens with zero attached hydrogens (tertiary/aromatic N) is 6. The number of fused-ring (bicyclic) bond motifs is 10. The minimum absolute atomic E-state index is 0.00699. The van der Waals surface area contributed by atoms with Crippen LogP contribution < -0.4 is 0 Å². The Bertz CT molecular complexity index is 2180. The molecule has 17 atom stereocenters. The molecule has 5 aliphatic heterocycles. The van der Waals surface area contributed by atoms with Crippen molar-refractivity contribution in [3.8, 4) is 0 Å². The van der Waals surface area contributed by atoms with Gasteiger partial charge in [0.15, 0.2) is 11.6 Å². The number of carboxylic acids is 1. The molecule has 10 fully saturated rings. The number of carbonyl (C=O) groups excluding carboxylic acids is 9. The zero-order valence-electron chi connectivity index (χ0n) is 43.8. The summed E-state index contributed by atoms with van der Waals surface area (Å²) < 4.78 is 0. The standard InChI is InChI=1S/C12H18N2O2.C11H17NO2.C11H15NO2.C10H15NO3.C9H13NO2/c1-7(15)11-8-5-10(14(11)4)9(12(8)16)6-13(2)3;2*1-4-7-9-5-8(11(7)14)10(6(2)13)12(9)3;1-3-5-7-4-6(9(5)12)8(10(13)14)11(7)2;1-5(11)9-7-3-6(10(9)2)4-8(7)12/h6,8,10-11H,5H2,1-4H3;7-10H,4-5H2,1-3H3;4,8-10H,5H2,1-3H3;5-8H,3-4H2,1-2H3,(H,13,14);6-7,9H,3-4H2,1-2H3/b9-6+;;7-4+;;/t8-,10-,11?;7?,8-,9-,10?;8-,9-,10?;5?,6-,7-,8?;6-,7+,9?/m00000/s1. The summed E-state index contributed by atoms with van der Waals surface area (Å²) in [6.45, 7) is 12.3. The molecule has 5 aliphatic carbocycles. The molecular weight excluding hydrogens is 897 g/mol. The zero-order valence-corrected chi connectivity index (χ0v) is 43.8. The molecule has 10 rings (SSSR count). The van der Waals surface area contributed by atoms with Crippen molar-refractivity contribution in [1.82, 2.24) is 29.4 Å². The molecule has 0 aromatic carbocycles. The van der Waals surface area contributed by atoms with Crippen molar-refractivity contribution in [2.24, 2.45) is 41.4 Å². The summed E-state index contributed by atoms with van der Waals surface area (Å²) in [4.78, 5) is 127. The number of aliphatic carboxylic acids is 1. The third kappa shape index (κ3) is 9.54. The van der Waals surface area contributed by atoms with Gasteiger partial charge in [-0.2, -0.15) is 0 Å². The number of carbonyl (C=O) groups is 10. The lowest BCUT2D eigenvalue weighted by Crippen LogP contribution is -2.50.